The first kappa shape index (κ1) is 13.5. The van der Waals surface area contributed by atoms with Crippen LogP contribution < -0.4 is 10.6 Å². The van der Waals surface area contributed by atoms with Gasteiger partial charge in [0.1, 0.15) is 0 Å². The summed E-state index contributed by atoms with van der Waals surface area (Å²) < 4.78 is 0. The zero-order chi connectivity index (χ0) is 13.0. The Balaban J connectivity index is 1.99. The van der Waals surface area contributed by atoms with Crippen molar-refractivity contribution in [3.63, 3.8) is 0 Å². The molecule has 0 atom stereocenters. The molecule has 0 fully saturated rings. The maximum atomic E-state index is 5.74. The van der Waals surface area contributed by atoms with E-state index < -0.39 is 0 Å². The highest BCUT2D eigenvalue weighted by atomic mass is 32.1. The summed E-state index contributed by atoms with van der Waals surface area (Å²) in [5, 5.41) is 3.21. The lowest BCUT2D eigenvalue weighted by molar-refractivity contribution is 0.873. The van der Waals surface area contributed by atoms with Gasteiger partial charge in [-0.2, -0.15) is 0 Å². The van der Waals surface area contributed by atoms with E-state index in [4.69, 9.17) is 5.73 Å². The third kappa shape index (κ3) is 3.10. The van der Waals surface area contributed by atoms with Crippen molar-refractivity contribution < 1.29 is 0 Å². The molecule has 0 aliphatic rings. The van der Waals surface area contributed by atoms with Crippen LogP contribution in [-0.2, 0) is 19.4 Å². The first-order chi connectivity index (χ1) is 8.74. The van der Waals surface area contributed by atoms with Crippen LogP contribution in [0, 0.1) is 0 Å². The molecule has 3 nitrogen and oxygen atoms in total. The molecule has 18 heavy (non-hydrogen) atoms. The Kier molecular flexibility index (Phi) is 4.74. The van der Waals surface area contributed by atoms with E-state index in [1.807, 2.05) is 11.3 Å². The number of nitrogens with zero attached hydrogens (tertiary/aromatic N) is 2. The van der Waals surface area contributed by atoms with E-state index in [9.17, 15) is 0 Å². The summed E-state index contributed by atoms with van der Waals surface area (Å²) in [6.07, 6.45) is 2.04. The molecule has 2 aromatic heterocycles. The van der Waals surface area contributed by atoms with Crippen molar-refractivity contribution in [1.82, 2.24) is 4.98 Å². The average molecular weight is 281 g/mol. The number of nitrogens with two attached hydrogens (primary N) is 1. The second-order valence-corrected chi connectivity index (χ2v) is 6.27. The molecule has 2 rings (SSSR count). The second kappa shape index (κ2) is 6.31. The Morgan fingerprint density at radius 2 is 2.28 bits per heavy atom. The Morgan fingerprint density at radius 3 is 2.83 bits per heavy atom. The van der Waals surface area contributed by atoms with Crippen molar-refractivity contribution in [2.24, 2.45) is 5.73 Å². The number of thiophene rings is 1. The van der Waals surface area contributed by atoms with Gasteiger partial charge in [-0.1, -0.05) is 13.0 Å². The predicted octanol–water partition coefficient (Wildman–Crippen LogP) is 2.90. The van der Waals surface area contributed by atoms with E-state index in [0.29, 0.717) is 6.54 Å². The zero-order valence-corrected chi connectivity index (χ0v) is 12.5. The van der Waals surface area contributed by atoms with Gasteiger partial charge in [0, 0.05) is 29.9 Å². The largest absolute Gasteiger partial charge is 0.351 e. The van der Waals surface area contributed by atoms with Gasteiger partial charge in [0.25, 0.3) is 0 Å². The first-order valence-corrected chi connectivity index (χ1v) is 7.86. The standard InChI is InChI=1S/C13H19N3S2/c1-3-11-12(9-14)18-13(15-11)16(2)7-6-10-5-4-8-17-10/h4-5,8H,3,6-7,9,14H2,1-2H3. The van der Waals surface area contributed by atoms with Crippen molar-refractivity contribution in [3.05, 3.63) is 33.0 Å². The summed E-state index contributed by atoms with van der Waals surface area (Å²) in [7, 11) is 2.10. The molecule has 2 heterocycles. The lowest BCUT2D eigenvalue weighted by Gasteiger charge is -2.14. The SMILES string of the molecule is CCc1nc(N(C)CCc2cccs2)sc1CN. The fourth-order valence-electron chi connectivity index (χ4n) is 1.80. The number of likely N-dealkylation sites (N-methyl/N-ethyl adjacent to an activating group) is 1. The quantitative estimate of drug-likeness (QED) is 0.885. The zero-order valence-electron chi connectivity index (χ0n) is 10.8. The van der Waals surface area contributed by atoms with E-state index in [1.165, 1.54) is 9.75 Å². The monoisotopic (exact) mass is 281 g/mol. The topological polar surface area (TPSA) is 42.2 Å². The van der Waals surface area contributed by atoms with Crippen molar-refractivity contribution in [2.45, 2.75) is 26.3 Å². The summed E-state index contributed by atoms with van der Waals surface area (Å²) in [5.41, 5.74) is 6.90. The van der Waals surface area contributed by atoms with Crippen LogP contribution in [0.1, 0.15) is 22.4 Å². The van der Waals surface area contributed by atoms with Crippen LogP contribution >= 0.6 is 22.7 Å². The fraction of sp³-hybridized carbons (Fsp3) is 0.462. The molecule has 0 amide bonds. The van der Waals surface area contributed by atoms with Gasteiger partial charge in [0.15, 0.2) is 5.13 Å². The predicted molar refractivity (Wildman–Crippen MR) is 80.7 cm³/mol. The van der Waals surface area contributed by atoms with Gasteiger partial charge in [0.05, 0.1) is 5.69 Å². The van der Waals surface area contributed by atoms with Crippen LogP contribution in [0.25, 0.3) is 0 Å². The molecule has 0 aliphatic carbocycles. The van der Waals surface area contributed by atoms with Crippen LogP contribution in [0.2, 0.25) is 0 Å². The van der Waals surface area contributed by atoms with Crippen molar-refractivity contribution >= 4 is 27.8 Å². The molecule has 0 bridgehead atoms. The number of thiazole rings is 1. The summed E-state index contributed by atoms with van der Waals surface area (Å²) in [4.78, 5) is 9.53. The molecule has 0 aromatic carbocycles. The third-order valence-electron chi connectivity index (χ3n) is 2.89. The van der Waals surface area contributed by atoms with Crippen LogP contribution in [0.3, 0.4) is 0 Å². The third-order valence-corrected chi connectivity index (χ3v) is 5.06. The van der Waals surface area contributed by atoms with Gasteiger partial charge in [-0.3, -0.25) is 0 Å². The van der Waals surface area contributed by atoms with Gasteiger partial charge >= 0.3 is 0 Å². The average Bonchev–Trinajstić information content (AvgIpc) is 3.04. The summed E-state index contributed by atoms with van der Waals surface area (Å²) in [5.74, 6) is 0. The van der Waals surface area contributed by atoms with Gasteiger partial charge in [0.2, 0.25) is 0 Å². The Hall–Kier alpha value is -0.910. The van der Waals surface area contributed by atoms with E-state index in [-0.39, 0.29) is 0 Å². The van der Waals surface area contributed by atoms with Gasteiger partial charge in [-0.15, -0.1) is 22.7 Å². The van der Waals surface area contributed by atoms with Crippen molar-refractivity contribution in [2.75, 3.05) is 18.5 Å². The van der Waals surface area contributed by atoms with E-state index >= 15 is 0 Å². The van der Waals surface area contributed by atoms with E-state index in [1.54, 1.807) is 11.3 Å². The van der Waals surface area contributed by atoms with Crippen molar-refractivity contribution in [1.29, 1.82) is 0 Å². The normalized spacial score (nSPS) is 10.8. The molecule has 0 saturated carbocycles. The highest BCUT2D eigenvalue weighted by Gasteiger charge is 2.11. The van der Waals surface area contributed by atoms with Crippen LogP contribution in [-0.4, -0.2) is 18.6 Å². The van der Waals surface area contributed by atoms with Crippen LogP contribution in [0.4, 0.5) is 5.13 Å². The van der Waals surface area contributed by atoms with Gasteiger partial charge in [-0.25, -0.2) is 4.98 Å². The van der Waals surface area contributed by atoms with E-state index in [0.717, 1.165) is 30.2 Å². The minimum Gasteiger partial charge on any atom is -0.351 e. The molecular formula is C13H19N3S2. The maximum absolute atomic E-state index is 5.74. The van der Waals surface area contributed by atoms with Gasteiger partial charge < -0.3 is 10.6 Å². The number of aromatic nitrogens is 1. The van der Waals surface area contributed by atoms with Crippen LogP contribution in [0.5, 0.6) is 0 Å². The number of rotatable bonds is 6. The molecule has 0 radical (unpaired) electrons. The number of anilines is 1. The summed E-state index contributed by atoms with van der Waals surface area (Å²) in [6.45, 7) is 3.73. The molecule has 0 saturated heterocycles. The molecule has 0 unspecified atom stereocenters. The molecular weight excluding hydrogens is 262 g/mol. The number of hydrogen-bond donors (Lipinski definition) is 1. The molecule has 5 heteroatoms. The van der Waals surface area contributed by atoms with Crippen molar-refractivity contribution in [3.8, 4) is 0 Å². The minimum atomic E-state index is 0.597. The lowest BCUT2D eigenvalue weighted by atomic mass is 10.3. The molecule has 2 aromatic rings. The number of hydrogen-bond acceptors (Lipinski definition) is 5. The Bertz CT molecular complexity index is 455. The van der Waals surface area contributed by atoms with E-state index in [2.05, 4.69) is 41.4 Å². The highest BCUT2D eigenvalue weighted by Crippen LogP contribution is 2.26. The lowest BCUT2D eigenvalue weighted by Crippen LogP contribution is -2.19. The summed E-state index contributed by atoms with van der Waals surface area (Å²) in [6, 6.07) is 4.29. The Morgan fingerprint density at radius 1 is 1.44 bits per heavy atom. The second-order valence-electron chi connectivity index (χ2n) is 4.17. The maximum Gasteiger partial charge on any atom is 0.185 e. The molecule has 2 N–H and O–H groups in total. The molecule has 98 valence electrons. The first-order valence-electron chi connectivity index (χ1n) is 6.16. The smallest absolute Gasteiger partial charge is 0.185 e. The highest BCUT2D eigenvalue weighted by molar-refractivity contribution is 7.15. The Labute approximate surface area is 116 Å². The van der Waals surface area contributed by atoms with Crippen LogP contribution in [0.15, 0.2) is 17.5 Å². The molecule has 0 aliphatic heterocycles. The summed E-state index contributed by atoms with van der Waals surface area (Å²) >= 11 is 3.54. The fourth-order valence-corrected chi connectivity index (χ4v) is 3.51. The number of aryl methyl sites for hydroxylation is 1. The molecule has 0 spiro atoms. The minimum absolute atomic E-state index is 0.597. The van der Waals surface area contributed by atoms with Gasteiger partial charge in [-0.05, 0) is 24.3 Å².